The molecule has 1 aromatic heterocycles. The maximum Gasteiger partial charge on any atom is 0.235 e. The zero-order valence-electron chi connectivity index (χ0n) is 25.0. The van der Waals surface area contributed by atoms with E-state index in [4.69, 9.17) is 4.74 Å². The van der Waals surface area contributed by atoms with Gasteiger partial charge in [0.05, 0.1) is 23.7 Å². The van der Waals surface area contributed by atoms with Crippen LogP contribution in [-0.4, -0.2) is 32.1 Å². The van der Waals surface area contributed by atoms with E-state index in [-0.39, 0.29) is 34.1 Å². The Hall–Kier alpha value is -3.35. The molecule has 3 aromatic rings. The van der Waals surface area contributed by atoms with Gasteiger partial charge in [-0.15, -0.1) is 0 Å². The lowest BCUT2D eigenvalue weighted by Gasteiger charge is -2.20. The molecule has 4 N–H and O–H groups in total. The van der Waals surface area contributed by atoms with E-state index in [0.29, 0.717) is 17.6 Å². The molecular formula is C34H49NO6. The van der Waals surface area contributed by atoms with Crippen molar-refractivity contribution in [1.82, 2.24) is 4.57 Å². The van der Waals surface area contributed by atoms with Gasteiger partial charge in [0.1, 0.15) is 11.5 Å². The Kier molecular flexibility index (Phi) is 13.2. The summed E-state index contributed by atoms with van der Waals surface area (Å²) in [5, 5.41) is 41.6. The van der Waals surface area contributed by atoms with E-state index < -0.39 is 11.2 Å². The minimum Gasteiger partial charge on any atom is -0.508 e. The number of hydrogen-bond donors (Lipinski definition) is 4. The highest BCUT2D eigenvalue weighted by Crippen LogP contribution is 2.38. The van der Waals surface area contributed by atoms with Gasteiger partial charge in [-0.05, 0) is 24.6 Å². The number of aryl methyl sites for hydroxylation is 1. The van der Waals surface area contributed by atoms with Crippen LogP contribution in [0.2, 0.25) is 0 Å². The van der Waals surface area contributed by atoms with Crippen LogP contribution in [0.3, 0.4) is 0 Å². The lowest BCUT2D eigenvalue weighted by Crippen LogP contribution is -2.13. The van der Waals surface area contributed by atoms with E-state index in [1.807, 2.05) is 0 Å². The monoisotopic (exact) mass is 567 g/mol. The number of ether oxygens (including phenoxy) is 1. The van der Waals surface area contributed by atoms with Gasteiger partial charge in [0, 0.05) is 24.2 Å². The van der Waals surface area contributed by atoms with Gasteiger partial charge in [-0.3, -0.25) is 4.79 Å². The van der Waals surface area contributed by atoms with Crippen molar-refractivity contribution >= 4 is 10.9 Å². The minimum absolute atomic E-state index is 0.0358. The minimum atomic E-state index is -0.720. The maximum atomic E-state index is 13.1. The van der Waals surface area contributed by atoms with Gasteiger partial charge in [-0.25, -0.2) is 0 Å². The molecule has 0 aliphatic heterocycles. The molecule has 0 fully saturated rings. The number of unbranched alkanes of at least 4 members (excludes halogenated alkanes) is 15. The zero-order chi connectivity index (χ0) is 29.6. The third kappa shape index (κ3) is 9.07. The van der Waals surface area contributed by atoms with E-state index in [1.165, 1.54) is 103 Å². The number of pyridine rings is 1. The summed E-state index contributed by atoms with van der Waals surface area (Å²) in [5.41, 5.74) is 0.360. The normalized spacial score (nSPS) is 11.4. The standard InChI is InChI=1S/C34H49NO6/c1-3-4-5-6-7-8-9-10-11-12-13-14-15-16-17-18-21-35-27-23-26(36)24-29(38)31(27)33(39)34(40)32(35)25-19-20-28(37)30(22-25)41-2/h19-20,22-24,36-38,40H,3-18,21H2,1-2H3. The number of benzene rings is 2. The van der Waals surface area contributed by atoms with Crippen LogP contribution < -0.4 is 10.2 Å². The van der Waals surface area contributed by atoms with Crippen molar-refractivity contribution in [1.29, 1.82) is 0 Å². The predicted molar refractivity (Wildman–Crippen MR) is 166 cm³/mol. The Balaban J connectivity index is 1.55. The smallest absolute Gasteiger partial charge is 0.235 e. The summed E-state index contributed by atoms with van der Waals surface area (Å²) in [6.07, 6.45) is 20.2. The van der Waals surface area contributed by atoms with Gasteiger partial charge in [0.15, 0.2) is 17.2 Å². The maximum absolute atomic E-state index is 13.1. The van der Waals surface area contributed by atoms with E-state index in [9.17, 15) is 25.2 Å². The number of rotatable bonds is 19. The highest BCUT2D eigenvalue weighted by molar-refractivity contribution is 5.91. The SMILES string of the molecule is CCCCCCCCCCCCCCCCCCn1c(-c2ccc(O)c(OC)c2)c(O)c(=O)c2c(O)cc(O)cc21. The number of phenols is 3. The molecule has 226 valence electrons. The van der Waals surface area contributed by atoms with E-state index in [0.717, 1.165) is 25.3 Å². The number of fused-ring (bicyclic) bond motifs is 1. The molecule has 0 spiro atoms. The molecule has 41 heavy (non-hydrogen) atoms. The summed E-state index contributed by atoms with van der Waals surface area (Å²) < 4.78 is 7.00. The number of aromatic hydroxyl groups is 4. The van der Waals surface area contributed by atoms with Crippen LogP contribution in [-0.2, 0) is 6.54 Å². The van der Waals surface area contributed by atoms with Crippen molar-refractivity contribution in [3.63, 3.8) is 0 Å². The molecule has 0 aliphatic carbocycles. The Morgan fingerprint density at radius 1 is 0.683 bits per heavy atom. The van der Waals surface area contributed by atoms with Gasteiger partial charge in [0.25, 0.3) is 0 Å². The fourth-order valence-electron chi connectivity index (χ4n) is 5.68. The van der Waals surface area contributed by atoms with Gasteiger partial charge in [-0.2, -0.15) is 0 Å². The Bertz CT molecular complexity index is 1300. The molecule has 0 aliphatic rings. The molecule has 0 unspecified atom stereocenters. The van der Waals surface area contributed by atoms with Crippen LogP contribution in [0.4, 0.5) is 0 Å². The van der Waals surface area contributed by atoms with Crippen LogP contribution in [0.5, 0.6) is 28.7 Å². The third-order valence-electron chi connectivity index (χ3n) is 8.00. The molecule has 0 radical (unpaired) electrons. The molecule has 1 heterocycles. The van der Waals surface area contributed by atoms with Crippen LogP contribution in [0.25, 0.3) is 22.2 Å². The first-order valence-corrected chi connectivity index (χ1v) is 15.6. The number of methoxy groups -OCH3 is 1. The average molecular weight is 568 g/mol. The van der Waals surface area contributed by atoms with Crippen LogP contribution in [0.15, 0.2) is 35.1 Å². The molecule has 0 amide bonds. The molecular weight excluding hydrogens is 518 g/mol. The molecule has 0 bridgehead atoms. The van der Waals surface area contributed by atoms with Crippen LogP contribution in [0, 0.1) is 0 Å². The van der Waals surface area contributed by atoms with Crippen molar-refractivity contribution < 1.29 is 25.2 Å². The van der Waals surface area contributed by atoms with Crippen LogP contribution >= 0.6 is 0 Å². The second kappa shape index (κ2) is 16.8. The van der Waals surface area contributed by atoms with Gasteiger partial charge < -0.3 is 29.7 Å². The van der Waals surface area contributed by atoms with Crippen molar-refractivity contribution in [2.75, 3.05) is 7.11 Å². The molecule has 0 saturated carbocycles. The average Bonchev–Trinajstić information content (AvgIpc) is 2.95. The zero-order valence-corrected chi connectivity index (χ0v) is 25.0. The topological polar surface area (TPSA) is 112 Å². The number of hydrogen-bond acceptors (Lipinski definition) is 6. The summed E-state index contributed by atoms with van der Waals surface area (Å²) in [4.78, 5) is 13.1. The van der Waals surface area contributed by atoms with Crippen molar-refractivity contribution in [3.8, 4) is 40.0 Å². The second-order valence-corrected chi connectivity index (χ2v) is 11.2. The number of phenolic OH excluding ortho intramolecular Hbond substituents is 3. The molecule has 7 heteroatoms. The molecule has 2 aromatic carbocycles. The lowest BCUT2D eigenvalue weighted by molar-refractivity contribution is 0.373. The molecule has 3 rings (SSSR count). The predicted octanol–water partition coefficient (Wildman–Crippen LogP) is 8.76. The summed E-state index contributed by atoms with van der Waals surface area (Å²) in [7, 11) is 1.43. The Morgan fingerprint density at radius 3 is 1.76 bits per heavy atom. The fraction of sp³-hybridized carbons (Fsp3) is 0.559. The van der Waals surface area contributed by atoms with E-state index >= 15 is 0 Å². The highest BCUT2D eigenvalue weighted by Gasteiger charge is 2.21. The van der Waals surface area contributed by atoms with Gasteiger partial charge >= 0.3 is 0 Å². The van der Waals surface area contributed by atoms with Gasteiger partial charge in [0.2, 0.25) is 5.43 Å². The van der Waals surface area contributed by atoms with Gasteiger partial charge in [-0.1, -0.05) is 103 Å². The van der Waals surface area contributed by atoms with E-state index in [2.05, 4.69) is 6.92 Å². The van der Waals surface area contributed by atoms with Crippen molar-refractivity contribution in [3.05, 3.63) is 40.6 Å². The summed E-state index contributed by atoms with van der Waals surface area (Å²) in [6, 6.07) is 7.14. The Morgan fingerprint density at radius 2 is 1.22 bits per heavy atom. The second-order valence-electron chi connectivity index (χ2n) is 11.2. The molecule has 7 nitrogen and oxygen atoms in total. The first-order chi connectivity index (χ1) is 19.9. The van der Waals surface area contributed by atoms with Crippen LogP contribution in [0.1, 0.15) is 110 Å². The largest absolute Gasteiger partial charge is 0.508 e. The first kappa shape index (κ1) is 32.2. The first-order valence-electron chi connectivity index (χ1n) is 15.6. The fourth-order valence-corrected chi connectivity index (χ4v) is 5.68. The third-order valence-corrected chi connectivity index (χ3v) is 8.00. The summed E-state index contributed by atoms with van der Waals surface area (Å²) >= 11 is 0. The number of nitrogens with zero attached hydrogens (tertiary/aromatic N) is 1. The highest BCUT2D eigenvalue weighted by atomic mass is 16.5. The van der Waals surface area contributed by atoms with Crippen molar-refractivity contribution in [2.24, 2.45) is 0 Å². The van der Waals surface area contributed by atoms with E-state index in [1.54, 1.807) is 16.7 Å². The quantitative estimate of drug-likeness (QED) is 0.108. The molecule has 0 saturated heterocycles. The number of aromatic nitrogens is 1. The summed E-state index contributed by atoms with van der Waals surface area (Å²) in [6.45, 7) is 2.74. The summed E-state index contributed by atoms with van der Waals surface area (Å²) in [5.74, 6) is -0.894. The lowest BCUT2D eigenvalue weighted by atomic mass is 10.0. The Labute approximate surface area is 244 Å². The molecule has 0 atom stereocenters. The van der Waals surface area contributed by atoms with Crippen molar-refractivity contribution in [2.45, 2.75) is 116 Å².